The van der Waals surface area contributed by atoms with Gasteiger partial charge >= 0.3 is 0 Å². The lowest BCUT2D eigenvalue weighted by Crippen LogP contribution is -2.66. The molecule has 0 saturated heterocycles. The number of hydrogen-bond acceptors (Lipinski definition) is 1. The first-order valence-electron chi connectivity index (χ1n) is 8.88. The van der Waals surface area contributed by atoms with E-state index in [4.69, 9.17) is 4.43 Å². The Bertz CT molecular complexity index is 574. The van der Waals surface area contributed by atoms with Gasteiger partial charge in [-0.3, -0.25) is 0 Å². The molecule has 0 heterocycles. The molecule has 0 aliphatic carbocycles. The first kappa shape index (κ1) is 18.7. The predicted molar refractivity (Wildman–Crippen MR) is 108 cm³/mol. The largest absolute Gasteiger partial charge is 0.407 e. The van der Waals surface area contributed by atoms with Crippen LogP contribution in [0.5, 0.6) is 0 Å². The van der Waals surface area contributed by atoms with Crippen molar-refractivity contribution in [1.29, 1.82) is 0 Å². The lowest BCUT2D eigenvalue weighted by Gasteiger charge is -2.43. The van der Waals surface area contributed by atoms with Gasteiger partial charge < -0.3 is 4.43 Å². The molecule has 24 heavy (non-hydrogen) atoms. The van der Waals surface area contributed by atoms with E-state index in [9.17, 15) is 0 Å². The first-order chi connectivity index (χ1) is 11.5. The van der Waals surface area contributed by atoms with Crippen LogP contribution in [-0.4, -0.2) is 14.9 Å². The Hall–Kier alpha value is -1.64. The van der Waals surface area contributed by atoms with Gasteiger partial charge in [-0.05, 0) is 34.7 Å². The molecule has 1 nitrogen and oxygen atoms in total. The minimum absolute atomic E-state index is 0.0636. The highest BCUT2D eigenvalue weighted by molar-refractivity contribution is 6.99. The van der Waals surface area contributed by atoms with Gasteiger partial charge in [-0.15, -0.1) is 6.58 Å². The fraction of sp³-hybridized carbons (Fsp3) is 0.364. The van der Waals surface area contributed by atoms with Crippen LogP contribution in [-0.2, 0) is 4.43 Å². The van der Waals surface area contributed by atoms with Crippen LogP contribution in [0.4, 0.5) is 0 Å². The van der Waals surface area contributed by atoms with Crippen LogP contribution in [0.15, 0.2) is 73.3 Å². The van der Waals surface area contributed by atoms with Crippen LogP contribution in [0.25, 0.3) is 0 Å². The second-order valence-corrected chi connectivity index (χ2v) is 11.6. The summed E-state index contributed by atoms with van der Waals surface area (Å²) >= 11 is 0. The van der Waals surface area contributed by atoms with E-state index < -0.39 is 8.32 Å². The summed E-state index contributed by atoms with van der Waals surface area (Å²) in [6.45, 7) is 11.6. The van der Waals surface area contributed by atoms with E-state index >= 15 is 0 Å². The quantitative estimate of drug-likeness (QED) is 0.377. The Morgan fingerprint density at radius 1 is 0.875 bits per heavy atom. The van der Waals surface area contributed by atoms with E-state index in [1.54, 1.807) is 0 Å². The molecule has 0 N–H and O–H groups in total. The fourth-order valence-corrected chi connectivity index (χ4v) is 7.98. The van der Waals surface area contributed by atoms with Crippen LogP contribution in [0, 0.1) is 0 Å². The third-order valence-electron chi connectivity index (χ3n) is 4.54. The van der Waals surface area contributed by atoms with E-state index in [-0.39, 0.29) is 5.04 Å². The van der Waals surface area contributed by atoms with E-state index in [1.165, 1.54) is 10.4 Å². The Kier molecular flexibility index (Phi) is 6.58. The molecule has 0 fully saturated rings. The van der Waals surface area contributed by atoms with Gasteiger partial charge in [0.2, 0.25) is 0 Å². The highest BCUT2D eigenvalue weighted by Crippen LogP contribution is 2.36. The molecule has 0 amide bonds. The van der Waals surface area contributed by atoms with Crippen molar-refractivity contribution in [3.63, 3.8) is 0 Å². The molecule has 0 aliphatic heterocycles. The summed E-state index contributed by atoms with van der Waals surface area (Å²) in [7, 11) is -2.34. The van der Waals surface area contributed by atoms with Crippen LogP contribution < -0.4 is 10.4 Å². The van der Waals surface area contributed by atoms with Gasteiger partial charge in [-0.25, -0.2) is 0 Å². The zero-order valence-electron chi connectivity index (χ0n) is 15.3. The van der Waals surface area contributed by atoms with Gasteiger partial charge in [0.15, 0.2) is 0 Å². The molecule has 128 valence electrons. The molecule has 0 saturated carbocycles. The van der Waals surface area contributed by atoms with Crippen molar-refractivity contribution in [3.05, 3.63) is 73.3 Å². The van der Waals surface area contributed by atoms with E-state index in [0.717, 1.165) is 25.9 Å². The number of benzene rings is 2. The SMILES string of the molecule is C=CCCCCO[Si](c1ccccc1)(c1ccccc1)C(C)(C)C. The van der Waals surface area contributed by atoms with Crippen molar-refractivity contribution < 1.29 is 4.43 Å². The topological polar surface area (TPSA) is 9.23 Å². The molecule has 2 aromatic rings. The molecule has 2 heteroatoms. The van der Waals surface area contributed by atoms with Gasteiger partial charge in [0.05, 0.1) is 0 Å². The zero-order valence-corrected chi connectivity index (χ0v) is 16.3. The summed E-state index contributed by atoms with van der Waals surface area (Å²) in [5, 5.41) is 2.77. The molecule has 0 bridgehead atoms. The van der Waals surface area contributed by atoms with Crippen molar-refractivity contribution >= 4 is 18.7 Å². The molecule has 2 aromatic carbocycles. The molecule has 0 atom stereocenters. The van der Waals surface area contributed by atoms with Gasteiger partial charge in [-0.2, -0.15) is 0 Å². The normalized spacial score (nSPS) is 12.1. The zero-order chi connectivity index (χ0) is 17.5. The number of rotatable bonds is 8. The molecule has 0 spiro atoms. The van der Waals surface area contributed by atoms with Gasteiger partial charge in [0, 0.05) is 6.61 Å². The lowest BCUT2D eigenvalue weighted by atomic mass is 10.2. The first-order valence-corrected chi connectivity index (χ1v) is 10.8. The minimum Gasteiger partial charge on any atom is -0.407 e. The Morgan fingerprint density at radius 3 is 1.79 bits per heavy atom. The Labute approximate surface area is 148 Å². The molecular formula is C22H30OSi. The van der Waals surface area contributed by atoms with E-state index in [1.807, 2.05) is 6.08 Å². The van der Waals surface area contributed by atoms with Crippen molar-refractivity contribution in [2.24, 2.45) is 0 Å². The maximum absolute atomic E-state index is 6.82. The number of allylic oxidation sites excluding steroid dienone is 1. The second kappa shape index (κ2) is 8.45. The average molecular weight is 339 g/mol. The number of hydrogen-bond donors (Lipinski definition) is 0. The molecule has 2 rings (SSSR count). The summed E-state index contributed by atoms with van der Waals surface area (Å²) in [4.78, 5) is 0. The van der Waals surface area contributed by atoms with E-state index in [0.29, 0.717) is 0 Å². The van der Waals surface area contributed by atoms with Gasteiger partial charge in [0.25, 0.3) is 8.32 Å². The maximum Gasteiger partial charge on any atom is 0.261 e. The van der Waals surface area contributed by atoms with Crippen LogP contribution in [0.3, 0.4) is 0 Å². The number of unbranched alkanes of at least 4 members (excludes halogenated alkanes) is 2. The van der Waals surface area contributed by atoms with Crippen molar-refractivity contribution in [2.75, 3.05) is 6.61 Å². The van der Waals surface area contributed by atoms with Crippen LogP contribution in [0.1, 0.15) is 40.0 Å². The summed E-state index contributed by atoms with van der Waals surface area (Å²) in [5.41, 5.74) is 0. The molecule has 0 radical (unpaired) electrons. The minimum atomic E-state index is -2.34. The molecule has 0 aromatic heterocycles. The maximum atomic E-state index is 6.82. The monoisotopic (exact) mass is 338 g/mol. The molecule has 0 unspecified atom stereocenters. The predicted octanol–water partition coefficient (Wildman–Crippen LogP) is 4.92. The Morgan fingerprint density at radius 2 is 1.38 bits per heavy atom. The van der Waals surface area contributed by atoms with Gasteiger partial charge in [0.1, 0.15) is 0 Å². The van der Waals surface area contributed by atoms with Crippen LogP contribution >= 0.6 is 0 Å². The van der Waals surface area contributed by atoms with Crippen LogP contribution in [0.2, 0.25) is 5.04 Å². The van der Waals surface area contributed by atoms with E-state index in [2.05, 4.69) is 88.0 Å². The smallest absolute Gasteiger partial charge is 0.261 e. The third kappa shape index (κ3) is 4.06. The summed E-state index contributed by atoms with van der Waals surface area (Å²) in [6.07, 6.45) is 5.27. The van der Waals surface area contributed by atoms with Crippen molar-refractivity contribution in [3.8, 4) is 0 Å². The average Bonchev–Trinajstić information content (AvgIpc) is 2.59. The highest BCUT2D eigenvalue weighted by Gasteiger charge is 2.49. The molecular weight excluding hydrogens is 308 g/mol. The fourth-order valence-electron chi connectivity index (χ4n) is 3.38. The van der Waals surface area contributed by atoms with Crippen molar-refractivity contribution in [2.45, 2.75) is 45.1 Å². The lowest BCUT2D eigenvalue weighted by molar-refractivity contribution is 0.289. The third-order valence-corrected chi connectivity index (χ3v) is 9.58. The Balaban J connectivity index is 2.43. The van der Waals surface area contributed by atoms with Gasteiger partial charge in [-0.1, -0.05) is 87.5 Å². The second-order valence-electron chi connectivity index (χ2n) is 7.30. The summed E-state index contributed by atoms with van der Waals surface area (Å²) < 4.78 is 6.82. The summed E-state index contributed by atoms with van der Waals surface area (Å²) in [6, 6.07) is 21.7. The van der Waals surface area contributed by atoms with Crippen molar-refractivity contribution in [1.82, 2.24) is 0 Å². The standard InChI is InChI=1S/C22H30OSi/c1-5-6-7-14-19-23-24(22(2,3)4,20-15-10-8-11-16-20)21-17-12-9-13-18-21/h5,8-13,15-18H,1,6-7,14,19H2,2-4H3. The summed E-state index contributed by atoms with van der Waals surface area (Å²) in [5.74, 6) is 0. The highest BCUT2D eigenvalue weighted by atomic mass is 28.4. The molecule has 0 aliphatic rings.